The van der Waals surface area contributed by atoms with Crippen molar-refractivity contribution in [1.29, 1.82) is 0 Å². The molecular formula is C62H55BN5OPt-3. The van der Waals surface area contributed by atoms with Crippen LogP contribution in [0, 0.1) is 18.8 Å². The molecule has 0 spiro atoms. The molecule has 6 nitrogen and oxygen atoms in total. The molecule has 350 valence electrons. The van der Waals surface area contributed by atoms with Gasteiger partial charge in [0.15, 0.2) is 0 Å². The summed E-state index contributed by atoms with van der Waals surface area (Å²) >= 11 is 0. The number of allylic oxidation sites excluding steroid dienone is 3. The molecule has 1 aliphatic carbocycles. The maximum absolute atomic E-state index is 6.73. The Bertz CT molecular complexity index is 3480. The molecule has 0 atom stereocenters. The van der Waals surface area contributed by atoms with Crippen molar-refractivity contribution in [2.45, 2.75) is 77.6 Å². The van der Waals surface area contributed by atoms with E-state index in [-0.39, 0.29) is 44.2 Å². The van der Waals surface area contributed by atoms with Crippen molar-refractivity contribution < 1.29 is 25.8 Å². The molecule has 0 unspecified atom stereocenters. The minimum atomic E-state index is -0.0296. The number of para-hydroxylation sites is 3. The molecule has 12 rings (SSSR count). The molecule has 70 heavy (non-hydrogen) atoms. The molecule has 0 N–H and O–H groups in total. The second-order valence-electron chi connectivity index (χ2n) is 21.3. The Labute approximate surface area is 427 Å². The van der Waals surface area contributed by atoms with Gasteiger partial charge in [-0.15, -0.1) is 48.1 Å². The van der Waals surface area contributed by atoms with Crippen LogP contribution >= 0.6 is 0 Å². The summed E-state index contributed by atoms with van der Waals surface area (Å²) < 4.78 is 8.93. The van der Waals surface area contributed by atoms with E-state index in [1.165, 1.54) is 34.1 Å². The Hall–Kier alpha value is -6.82. The van der Waals surface area contributed by atoms with Gasteiger partial charge in [0.2, 0.25) is 0 Å². The van der Waals surface area contributed by atoms with Gasteiger partial charge in [-0.3, -0.25) is 0 Å². The van der Waals surface area contributed by atoms with Crippen molar-refractivity contribution in [1.82, 2.24) is 14.4 Å². The number of benzene rings is 6. The summed E-state index contributed by atoms with van der Waals surface area (Å²) in [7, 11) is 0. The fraction of sp³-hybridized carbons (Fsp3) is 0.194. The zero-order valence-electron chi connectivity index (χ0n) is 40.8. The van der Waals surface area contributed by atoms with Gasteiger partial charge < -0.3 is 23.9 Å². The monoisotopic (exact) mass is 1090 g/mol. The van der Waals surface area contributed by atoms with E-state index in [2.05, 4.69) is 238 Å². The summed E-state index contributed by atoms with van der Waals surface area (Å²) in [6.07, 6.45) is 13.1. The maximum Gasteiger partial charge on any atom is 0.322 e. The molecule has 0 saturated carbocycles. The van der Waals surface area contributed by atoms with Crippen LogP contribution < -0.4 is 14.5 Å². The van der Waals surface area contributed by atoms with E-state index in [1.54, 1.807) is 0 Å². The van der Waals surface area contributed by atoms with Gasteiger partial charge in [-0.25, -0.2) is 4.98 Å². The third-order valence-corrected chi connectivity index (χ3v) is 14.8. The SMILES string of the molecule is CC(C)(C)c1ccnc(-n2c3[c-]c(Oc4[c-]c(N5[CH-]N(C6=C(c7ccc8c(c7)C(C)(C)CCC8(C)C)B7C=CC=CN7C=C6c6ccccc6)c6ccccc65)ccc4)ccc3c3ccccc32)c1.[Pt]. The molecule has 0 radical (unpaired) electrons. The predicted octanol–water partition coefficient (Wildman–Crippen LogP) is 15.2. The van der Waals surface area contributed by atoms with Crippen LogP contribution in [0.2, 0.25) is 0 Å². The van der Waals surface area contributed by atoms with Gasteiger partial charge in [0, 0.05) is 73.1 Å². The van der Waals surface area contributed by atoms with Crippen molar-refractivity contribution in [3.05, 3.63) is 229 Å². The number of hydrogen-bond acceptors (Lipinski definition) is 5. The first-order valence-corrected chi connectivity index (χ1v) is 24.3. The molecule has 0 saturated heterocycles. The summed E-state index contributed by atoms with van der Waals surface area (Å²) in [5.74, 6) is 4.39. The Morgan fingerprint density at radius 2 is 1.40 bits per heavy atom. The largest absolute Gasteiger partial charge is 0.509 e. The topological polar surface area (TPSA) is 36.8 Å². The number of ether oxygens (including phenoxy) is 1. The smallest absolute Gasteiger partial charge is 0.322 e. The minimum Gasteiger partial charge on any atom is -0.509 e. The van der Waals surface area contributed by atoms with Crippen LogP contribution in [-0.2, 0) is 37.3 Å². The van der Waals surface area contributed by atoms with Crippen LogP contribution in [0.25, 0.3) is 38.7 Å². The van der Waals surface area contributed by atoms with Crippen molar-refractivity contribution in [2.24, 2.45) is 0 Å². The second kappa shape index (κ2) is 17.2. The molecule has 8 heteroatoms. The molecule has 4 aliphatic rings. The van der Waals surface area contributed by atoms with Crippen molar-refractivity contribution in [2.75, 3.05) is 9.80 Å². The summed E-state index contributed by atoms with van der Waals surface area (Å²) in [6.45, 7) is 18.6. The van der Waals surface area contributed by atoms with Gasteiger partial charge in [0.1, 0.15) is 5.82 Å². The number of aromatic nitrogens is 2. The number of pyridine rings is 1. The summed E-state index contributed by atoms with van der Waals surface area (Å²) in [4.78, 5) is 11.9. The number of fused-ring (bicyclic) bond motifs is 6. The zero-order valence-corrected chi connectivity index (χ0v) is 43.0. The molecule has 0 fully saturated rings. The molecule has 8 aromatic rings. The third kappa shape index (κ3) is 7.74. The Morgan fingerprint density at radius 1 is 0.671 bits per heavy atom. The number of anilines is 3. The molecule has 5 heterocycles. The van der Waals surface area contributed by atoms with E-state index in [4.69, 9.17) is 9.72 Å². The first-order valence-electron chi connectivity index (χ1n) is 24.3. The van der Waals surface area contributed by atoms with Crippen LogP contribution in [0.4, 0.5) is 17.1 Å². The van der Waals surface area contributed by atoms with Gasteiger partial charge in [-0.1, -0.05) is 145 Å². The Morgan fingerprint density at radius 3 is 2.20 bits per heavy atom. The van der Waals surface area contributed by atoms with Gasteiger partial charge in [0.25, 0.3) is 0 Å². The first kappa shape index (κ1) is 45.6. The number of rotatable bonds is 7. The van der Waals surface area contributed by atoms with E-state index in [9.17, 15) is 0 Å². The minimum absolute atomic E-state index is 0. The molecule has 2 aromatic heterocycles. The normalized spacial score (nSPS) is 16.8. The molecule has 0 bridgehead atoms. The summed E-state index contributed by atoms with van der Waals surface area (Å²) in [6, 6.07) is 57.2. The van der Waals surface area contributed by atoms with E-state index >= 15 is 0 Å². The summed E-state index contributed by atoms with van der Waals surface area (Å²) in [5.41, 5.74) is 15.2. The molecule has 3 aliphatic heterocycles. The fourth-order valence-corrected chi connectivity index (χ4v) is 10.9. The van der Waals surface area contributed by atoms with Crippen LogP contribution in [0.15, 0.2) is 182 Å². The quantitative estimate of drug-likeness (QED) is 0.117. The maximum atomic E-state index is 6.73. The van der Waals surface area contributed by atoms with Gasteiger partial charge in [-0.2, -0.15) is 12.1 Å². The molecular weight excluding hydrogens is 1040 g/mol. The average Bonchev–Trinajstić information content (AvgIpc) is 3.91. The van der Waals surface area contributed by atoms with E-state index < -0.39 is 0 Å². The Kier molecular flexibility index (Phi) is 11.2. The van der Waals surface area contributed by atoms with Gasteiger partial charge in [0.05, 0.1) is 0 Å². The van der Waals surface area contributed by atoms with Crippen molar-refractivity contribution >= 4 is 56.8 Å². The van der Waals surface area contributed by atoms with Gasteiger partial charge >= 0.3 is 6.85 Å². The fourth-order valence-electron chi connectivity index (χ4n) is 10.9. The van der Waals surface area contributed by atoms with Crippen molar-refractivity contribution in [3.8, 4) is 17.3 Å². The van der Waals surface area contributed by atoms with E-state index in [0.717, 1.165) is 67.9 Å². The van der Waals surface area contributed by atoms with Crippen LogP contribution in [0.5, 0.6) is 11.5 Å². The number of hydrogen-bond donors (Lipinski definition) is 0. The van der Waals surface area contributed by atoms with Crippen molar-refractivity contribution in [3.63, 3.8) is 0 Å². The first-order chi connectivity index (χ1) is 33.3. The third-order valence-electron chi connectivity index (χ3n) is 14.8. The molecule has 6 aromatic carbocycles. The summed E-state index contributed by atoms with van der Waals surface area (Å²) in [5, 5.41) is 2.23. The average molecular weight is 1090 g/mol. The second-order valence-corrected chi connectivity index (χ2v) is 21.3. The van der Waals surface area contributed by atoms with E-state index in [0.29, 0.717) is 11.5 Å². The van der Waals surface area contributed by atoms with E-state index in [1.807, 2.05) is 24.4 Å². The molecule has 0 amide bonds. The van der Waals surface area contributed by atoms with Gasteiger partial charge in [-0.05, 0) is 110 Å². The Balaban J connectivity index is 0.00000533. The van der Waals surface area contributed by atoms with Crippen LogP contribution in [0.3, 0.4) is 0 Å². The number of nitrogens with zero attached hydrogens (tertiary/aromatic N) is 5. The van der Waals surface area contributed by atoms with Crippen LogP contribution in [-0.4, -0.2) is 21.2 Å². The zero-order chi connectivity index (χ0) is 47.2. The predicted molar refractivity (Wildman–Crippen MR) is 286 cm³/mol. The standard InChI is InChI=1S/C62H55BN5O.Pt/c1-60(2,3)44-30-34-64-57(37-44)68-53-23-12-11-22-48(53)49-28-27-47(39-56(49)68)69-46-21-17-20-45(38-46)66-41-67(55-25-14-13-24-54(55)66)59-50(42-18-9-8-10-19-42)40-65-35-16-15-33-63(65)58(59)43-26-29-51-52(36-43)62(6,7)32-31-61(51,4)5;/h8-30,33-37,40-41H,31-32H2,1-7H3;/q-3;. The van der Waals surface area contributed by atoms with Crippen LogP contribution in [0.1, 0.15) is 89.1 Å².